The minimum atomic E-state index is -1.03. The predicted molar refractivity (Wildman–Crippen MR) is 76.8 cm³/mol. The lowest BCUT2D eigenvalue weighted by Crippen LogP contribution is -2.43. The summed E-state index contributed by atoms with van der Waals surface area (Å²) in [4.78, 5) is 22.6. The van der Waals surface area contributed by atoms with E-state index in [1.54, 1.807) is 11.8 Å². The SMILES string of the molecule is CC(=O)NC1CCN(c2c(F)cc([N+](=O)[O-])c(F)c2C)C1C. The van der Waals surface area contributed by atoms with E-state index in [9.17, 15) is 23.7 Å². The molecule has 0 saturated carbocycles. The highest BCUT2D eigenvalue weighted by Crippen LogP contribution is 2.36. The van der Waals surface area contributed by atoms with E-state index in [1.165, 1.54) is 13.8 Å². The molecule has 120 valence electrons. The fourth-order valence-electron chi connectivity index (χ4n) is 2.92. The van der Waals surface area contributed by atoms with Gasteiger partial charge in [0.25, 0.3) is 0 Å². The summed E-state index contributed by atoms with van der Waals surface area (Å²) >= 11 is 0. The summed E-state index contributed by atoms with van der Waals surface area (Å²) in [5, 5.41) is 13.5. The van der Waals surface area contributed by atoms with Gasteiger partial charge in [-0.3, -0.25) is 14.9 Å². The molecule has 0 bridgehead atoms. The second-order valence-corrected chi connectivity index (χ2v) is 5.45. The maximum Gasteiger partial charge on any atom is 0.308 e. The first-order valence-corrected chi connectivity index (χ1v) is 6.90. The number of hydrogen-bond donors (Lipinski definition) is 1. The Labute approximate surface area is 126 Å². The van der Waals surface area contributed by atoms with Crippen LogP contribution in [0.5, 0.6) is 0 Å². The Kier molecular flexibility index (Phi) is 4.30. The Bertz CT molecular complexity index is 636. The smallest absolute Gasteiger partial charge is 0.308 e. The number of carbonyl (C=O) groups is 1. The first-order chi connectivity index (χ1) is 10.2. The Morgan fingerprint density at radius 2 is 2.14 bits per heavy atom. The Morgan fingerprint density at radius 1 is 1.50 bits per heavy atom. The van der Waals surface area contributed by atoms with Crippen molar-refractivity contribution in [3.63, 3.8) is 0 Å². The van der Waals surface area contributed by atoms with Crippen molar-refractivity contribution < 1.29 is 18.5 Å². The Morgan fingerprint density at radius 3 is 2.68 bits per heavy atom. The normalized spacial score (nSPS) is 21.0. The molecule has 1 amide bonds. The second-order valence-electron chi connectivity index (χ2n) is 5.45. The first kappa shape index (κ1) is 16.1. The minimum Gasteiger partial charge on any atom is -0.364 e. The molecular formula is C14H17F2N3O3. The standard InChI is InChI=1S/C14H17F2N3O3/c1-7-13(16)12(19(21)22)6-10(15)14(7)18-5-4-11(8(18)2)17-9(3)20/h6,8,11H,4-5H2,1-3H3,(H,17,20). The molecule has 0 spiro atoms. The summed E-state index contributed by atoms with van der Waals surface area (Å²) < 4.78 is 28.3. The number of amides is 1. The third-order valence-electron chi connectivity index (χ3n) is 4.03. The van der Waals surface area contributed by atoms with E-state index in [4.69, 9.17) is 0 Å². The molecule has 6 nitrogen and oxygen atoms in total. The third-order valence-corrected chi connectivity index (χ3v) is 4.03. The average molecular weight is 313 g/mol. The zero-order chi connectivity index (χ0) is 16.6. The van der Waals surface area contributed by atoms with E-state index < -0.39 is 22.2 Å². The van der Waals surface area contributed by atoms with Gasteiger partial charge in [-0.15, -0.1) is 0 Å². The monoisotopic (exact) mass is 313 g/mol. The summed E-state index contributed by atoms with van der Waals surface area (Å²) in [6.07, 6.45) is 0.595. The van der Waals surface area contributed by atoms with E-state index in [2.05, 4.69) is 5.32 Å². The zero-order valence-electron chi connectivity index (χ0n) is 12.5. The molecule has 22 heavy (non-hydrogen) atoms. The molecule has 1 N–H and O–H groups in total. The van der Waals surface area contributed by atoms with Gasteiger partial charge in [-0.1, -0.05) is 0 Å². The van der Waals surface area contributed by atoms with Gasteiger partial charge in [-0.25, -0.2) is 4.39 Å². The molecule has 1 aliphatic rings. The zero-order valence-corrected chi connectivity index (χ0v) is 12.5. The molecule has 1 aliphatic heterocycles. The van der Waals surface area contributed by atoms with Crippen LogP contribution in [0.15, 0.2) is 6.07 Å². The van der Waals surface area contributed by atoms with Gasteiger partial charge in [0.05, 0.1) is 22.7 Å². The van der Waals surface area contributed by atoms with Crippen LogP contribution in [0.2, 0.25) is 0 Å². The molecule has 0 aromatic heterocycles. The van der Waals surface area contributed by atoms with Crippen LogP contribution in [0.1, 0.15) is 25.8 Å². The van der Waals surface area contributed by atoms with Crippen molar-refractivity contribution in [2.24, 2.45) is 0 Å². The molecule has 0 radical (unpaired) electrons. The Hall–Kier alpha value is -2.25. The van der Waals surface area contributed by atoms with Crippen LogP contribution >= 0.6 is 0 Å². The van der Waals surface area contributed by atoms with Crippen molar-refractivity contribution in [3.8, 4) is 0 Å². The molecule has 0 aliphatic carbocycles. The molecule has 1 saturated heterocycles. The van der Waals surface area contributed by atoms with Crippen LogP contribution in [0.4, 0.5) is 20.2 Å². The number of anilines is 1. The van der Waals surface area contributed by atoms with Crippen molar-refractivity contribution in [1.82, 2.24) is 5.32 Å². The van der Waals surface area contributed by atoms with Crippen LogP contribution in [-0.4, -0.2) is 29.5 Å². The summed E-state index contributed by atoms with van der Waals surface area (Å²) in [6, 6.07) is 0.198. The van der Waals surface area contributed by atoms with Gasteiger partial charge in [0, 0.05) is 25.1 Å². The number of nitrogens with zero attached hydrogens (tertiary/aromatic N) is 2. The lowest BCUT2D eigenvalue weighted by atomic mass is 10.1. The number of carbonyl (C=O) groups excluding carboxylic acids is 1. The number of hydrogen-bond acceptors (Lipinski definition) is 4. The third kappa shape index (κ3) is 2.72. The van der Waals surface area contributed by atoms with Crippen LogP contribution in [0.25, 0.3) is 0 Å². The number of benzene rings is 1. The van der Waals surface area contributed by atoms with E-state index in [0.717, 1.165) is 0 Å². The number of nitro groups is 1. The largest absolute Gasteiger partial charge is 0.364 e. The molecule has 2 unspecified atom stereocenters. The number of nitro benzene ring substituents is 1. The molecule has 8 heteroatoms. The number of rotatable bonds is 3. The van der Waals surface area contributed by atoms with Gasteiger partial charge < -0.3 is 10.2 Å². The second kappa shape index (κ2) is 5.86. The quantitative estimate of drug-likeness (QED) is 0.686. The molecule has 2 atom stereocenters. The van der Waals surface area contributed by atoms with Crippen molar-refractivity contribution >= 4 is 17.3 Å². The topological polar surface area (TPSA) is 75.5 Å². The maximum atomic E-state index is 14.3. The first-order valence-electron chi connectivity index (χ1n) is 6.90. The van der Waals surface area contributed by atoms with Gasteiger partial charge in [-0.2, -0.15) is 4.39 Å². The maximum absolute atomic E-state index is 14.3. The van der Waals surface area contributed by atoms with Gasteiger partial charge in [0.15, 0.2) is 5.82 Å². The van der Waals surface area contributed by atoms with Crippen molar-refractivity contribution in [2.75, 3.05) is 11.4 Å². The van der Waals surface area contributed by atoms with Crippen LogP contribution in [-0.2, 0) is 4.79 Å². The summed E-state index contributed by atoms with van der Waals surface area (Å²) in [5.41, 5.74) is -0.950. The summed E-state index contributed by atoms with van der Waals surface area (Å²) in [5.74, 6) is -2.05. The lowest BCUT2D eigenvalue weighted by molar-refractivity contribution is -0.387. The van der Waals surface area contributed by atoms with Gasteiger partial charge in [0.2, 0.25) is 11.7 Å². The fraction of sp³-hybridized carbons (Fsp3) is 0.500. The van der Waals surface area contributed by atoms with E-state index >= 15 is 0 Å². The molecule has 1 aromatic carbocycles. The highest BCUT2D eigenvalue weighted by atomic mass is 19.1. The van der Waals surface area contributed by atoms with Gasteiger partial charge >= 0.3 is 5.69 Å². The number of nitrogens with one attached hydrogen (secondary N) is 1. The Balaban J connectivity index is 2.40. The number of halogens is 2. The summed E-state index contributed by atoms with van der Waals surface area (Å²) in [7, 11) is 0. The molecule has 1 fully saturated rings. The van der Waals surface area contributed by atoms with Crippen LogP contribution in [0.3, 0.4) is 0 Å². The highest BCUT2D eigenvalue weighted by Gasteiger charge is 2.35. The average Bonchev–Trinajstić information content (AvgIpc) is 2.75. The van der Waals surface area contributed by atoms with Crippen molar-refractivity contribution in [2.45, 2.75) is 39.3 Å². The van der Waals surface area contributed by atoms with E-state index in [1.807, 2.05) is 0 Å². The van der Waals surface area contributed by atoms with Gasteiger partial charge in [-0.05, 0) is 20.3 Å². The highest BCUT2D eigenvalue weighted by molar-refractivity contribution is 5.73. The van der Waals surface area contributed by atoms with Gasteiger partial charge in [0.1, 0.15) is 0 Å². The van der Waals surface area contributed by atoms with Crippen molar-refractivity contribution in [3.05, 3.63) is 33.4 Å². The fourth-order valence-corrected chi connectivity index (χ4v) is 2.92. The predicted octanol–water partition coefficient (Wildman–Crippen LogP) is 2.28. The lowest BCUT2D eigenvalue weighted by Gasteiger charge is -2.28. The van der Waals surface area contributed by atoms with Crippen LogP contribution in [0, 0.1) is 28.7 Å². The molecule has 1 heterocycles. The molecular weight excluding hydrogens is 296 g/mol. The van der Waals surface area contributed by atoms with Crippen molar-refractivity contribution in [1.29, 1.82) is 0 Å². The summed E-state index contributed by atoms with van der Waals surface area (Å²) in [6.45, 7) is 4.94. The van der Waals surface area contributed by atoms with E-state index in [-0.39, 0.29) is 29.2 Å². The molecule has 2 rings (SSSR count). The van der Waals surface area contributed by atoms with E-state index in [0.29, 0.717) is 19.0 Å². The minimum absolute atomic E-state index is 0.0171. The molecule has 1 aromatic rings. The van der Waals surface area contributed by atoms with Crippen LogP contribution < -0.4 is 10.2 Å².